The smallest absolute Gasteiger partial charge is 0.404 e. The van der Waals surface area contributed by atoms with Crippen molar-refractivity contribution in [3.8, 4) is 0 Å². The molecule has 10 atom stereocenters. The Balaban J connectivity index is 6.59. The normalized spacial score (nSPS) is 19.2. The Morgan fingerprint density at radius 1 is 0.818 bits per heavy atom. The average Bonchev–Trinajstić information content (AvgIpc) is 3.03. The van der Waals surface area contributed by atoms with Crippen LogP contribution in [0.3, 0.4) is 0 Å². The number of carbonyl (C=O) groups is 2. The number of primary amides is 1. The highest BCUT2D eigenvalue weighted by Crippen LogP contribution is 2.42. The lowest BCUT2D eigenvalue weighted by Crippen LogP contribution is -2.50. The van der Waals surface area contributed by atoms with Gasteiger partial charge in [-0.2, -0.15) is 0 Å². The number of nitrogens with two attached hydrogens (primary N) is 1. The van der Waals surface area contributed by atoms with Crippen molar-refractivity contribution in [3.05, 3.63) is 48.6 Å². The van der Waals surface area contributed by atoms with Crippen LogP contribution in [0.4, 0.5) is 4.79 Å². The molecule has 5 N–H and O–H groups in total. The lowest BCUT2D eigenvalue weighted by atomic mass is 9.81. The van der Waals surface area contributed by atoms with Crippen LogP contribution in [0.1, 0.15) is 109 Å². The monoisotopic (exact) mass is 811 g/mol. The van der Waals surface area contributed by atoms with E-state index in [1.54, 1.807) is 12.2 Å². The van der Waals surface area contributed by atoms with Gasteiger partial charge in [-0.15, -0.1) is 0 Å². The second-order valence-corrected chi connectivity index (χ2v) is 28.5. The molecule has 0 aromatic carbocycles. The quantitative estimate of drug-likeness (QED) is 0.0326. The van der Waals surface area contributed by atoms with E-state index in [-0.39, 0.29) is 77.0 Å². The summed E-state index contributed by atoms with van der Waals surface area (Å²) < 4.78 is 20.1. The molecule has 0 saturated carbocycles. The summed E-state index contributed by atoms with van der Waals surface area (Å²) >= 11 is 0. The van der Waals surface area contributed by atoms with Gasteiger partial charge in [0.2, 0.25) is 5.91 Å². The molecule has 0 rings (SSSR count). The molecule has 0 aliphatic rings. The first-order chi connectivity index (χ1) is 25.0. The zero-order valence-corrected chi connectivity index (χ0v) is 39.7. The molecule has 0 spiro atoms. The van der Waals surface area contributed by atoms with Gasteiger partial charge < -0.3 is 29.5 Å². The number of hydrogen-bond acceptors (Lipinski definition) is 8. The zero-order valence-electron chi connectivity index (χ0n) is 37.7. The lowest BCUT2D eigenvalue weighted by molar-refractivity contribution is -0.132. The fraction of sp³-hybridized carbons (Fsp3) is 0.767. The Hall–Kier alpha value is -2.07. The summed E-state index contributed by atoms with van der Waals surface area (Å²) in [6, 6.07) is 0. The highest BCUT2D eigenvalue weighted by molar-refractivity contribution is 6.74. The standard InChI is InChI=1S/C43H82N2O8Si2/c1-19-20-21-30(3)39(51-41(44)49)34(7)40(53-55(17,18)43(11,12)13)33(6)27-29(2)26-32(5)38(52-54(15,16)42(8,9)10)31(4)22-23-35(46)28-36(47)24-25-37(48)45-50-14/h19-23,26,30-36,38-40,46-47H,1,24-25,27-28H2,2-18H3,(H2,44,49)(H,45,48)/b21-20-,23-22-,29-26-/t30?,31?,32-,33-,34+,35?,36+,38-,39-,40+/m0/s1. The van der Waals surface area contributed by atoms with Crippen LogP contribution in [0.5, 0.6) is 0 Å². The van der Waals surface area contributed by atoms with Crippen molar-refractivity contribution in [3.63, 3.8) is 0 Å². The maximum Gasteiger partial charge on any atom is 0.404 e. The fourth-order valence-corrected chi connectivity index (χ4v) is 9.38. The predicted molar refractivity (Wildman–Crippen MR) is 232 cm³/mol. The molecule has 55 heavy (non-hydrogen) atoms. The van der Waals surface area contributed by atoms with Crippen molar-refractivity contribution in [1.82, 2.24) is 5.48 Å². The fourth-order valence-electron chi connectivity index (χ4n) is 6.43. The Morgan fingerprint density at radius 2 is 1.33 bits per heavy atom. The first-order valence-corrected chi connectivity index (χ1v) is 26.0. The maximum atomic E-state index is 12.2. The zero-order chi connectivity index (χ0) is 43.1. The Kier molecular flexibility index (Phi) is 22.5. The van der Waals surface area contributed by atoms with Crippen LogP contribution < -0.4 is 11.2 Å². The van der Waals surface area contributed by atoms with Crippen molar-refractivity contribution in [2.75, 3.05) is 7.11 Å². The topological polar surface area (TPSA) is 150 Å². The van der Waals surface area contributed by atoms with E-state index in [4.69, 9.17) is 19.3 Å². The number of ether oxygens (including phenoxy) is 1. The molecule has 0 radical (unpaired) electrons. The van der Waals surface area contributed by atoms with Gasteiger partial charge in [-0.05, 0) is 73.8 Å². The van der Waals surface area contributed by atoms with Crippen LogP contribution in [0.25, 0.3) is 0 Å². The molecule has 0 bridgehead atoms. The third-order valence-corrected chi connectivity index (χ3v) is 20.6. The Morgan fingerprint density at radius 3 is 1.80 bits per heavy atom. The van der Waals surface area contributed by atoms with Gasteiger partial charge >= 0.3 is 6.09 Å². The molecule has 0 fully saturated rings. The third-order valence-electron chi connectivity index (χ3n) is 11.7. The van der Waals surface area contributed by atoms with E-state index in [1.807, 2.05) is 25.2 Å². The molecule has 3 unspecified atom stereocenters. The van der Waals surface area contributed by atoms with Gasteiger partial charge in [-0.3, -0.25) is 9.63 Å². The van der Waals surface area contributed by atoms with E-state index in [9.17, 15) is 19.8 Å². The van der Waals surface area contributed by atoms with Gasteiger partial charge in [0.25, 0.3) is 0 Å². The number of amides is 2. The molecule has 0 saturated heterocycles. The van der Waals surface area contributed by atoms with E-state index in [0.29, 0.717) is 0 Å². The number of hydrogen-bond donors (Lipinski definition) is 4. The second-order valence-electron chi connectivity index (χ2n) is 18.9. The van der Waals surface area contributed by atoms with Crippen LogP contribution >= 0.6 is 0 Å². The minimum Gasteiger partial charge on any atom is -0.445 e. The number of aliphatic hydroxyl groups is 2. The summed E-state index contributed by atoms with van der Waals surface area (Å²) in [6.45, 7) is 39.0. The van der Waals surface area contributed by atoms with E-state index >= 15 is 0 Å². The first kappa shape index (κ1) is 52.9. The molecular formula is C43H82N2O8Si2. The van der Waals surface area contributed by atoms with Gasteiger partial charge in [-0.25, -0.2) is 10.3 Å². The third kappa shape index (κ3) is 18.8. The first-order valence-electron chi connectivity index (χ1n) is 20.2. The Labute approximate surface area is 338 Å². The summed E-state index contributed by atoms with van der Waals surface area (Å²) in [5.74, 6) is -0.508. The maximum absolute atomic E-state index is 12.2. The van der Waals surface area contributed by atoms with Crippen LogP contribution in [-0.2, 0) is 23.2 Å². The van der Waals surface area contributed by atoms with Crippen LogP contribution in [0.2, 0.25) is 36.3 Å². The summed E-state index contributed by atoms with van der Waals surface area (Å²) in [5.41, 5.74) is 9.07. The molecule has 0 aliphatic heterocycles. The molecule has 0 aromatic heterocycles. The predicted octanol–water partition coefficient (Wildman–Crippen LogP) is 9.62. The number of rotatable bonds is 24. The van der Waals surface area contributed by atoms with Crippen molar-refractivity contribution in [1.29, 1.82) is 0 Å². The number of allylic oxidation sites excluding steroid dienone is 3. The number of carbonyl (C=O) groups excluding carboxylic acids is 2. The molecule has 10 nitrogen and oxygen atoms in total. The van der Waals surface area contributed by atoms with Crippen molar-refractivity contribution >= 4 is 28.6 Å². The van der Waals surface area contributed by atoms with E-state index in [1.165, 1.54) is 12.7 Å². The minimum absolute atomic E-state index is 0.00756. The summed E-state index contributed by atoms with van der Waals surface area (Å²) in [5, 5.41) is 21.2. The Bertz CT molecular complexity index is 1270. The number of aliphatic hydroxyl groups excluding tert-OH is 2. The van der Waals surface area contributed by atoms with E-state index < -0.39 is 41.0 Å². The molecule has 0 aromatic rings. The second kappa shape index (κ2) is 23.4. The molecule has 12 heteroatoms. The molecule has 320 valence electrons. The van der Waals surface area contributed by atoms with Crippen molar-refractivity contribution < 1.29 is 38.2 Å². The average molecular weight is 811 g/mol. The van der Waals surface area contributed by atoms with Crippen molar-refractivity contribution in [2.45, 2.75) is 176 Å². The summed E-state index contributed by atoms with van der Waals surface area (Å²) in [4.78, 5) is 28.5. The highest BCUT2D eigenvalue weighted by atomic mass is 28.4. The van der Waals surface area contributed by atoms with Crippen LogP contribution in [-0.4, -0.2) is 76.5 Å². The SMILES string of the molecule is C=C/C=C\C(C)[C@H](OC(N)=O)[C@@H](C)[C@H](O[Si](C)(C)C(C)(C)C)[C@@H](C)C/C(C)=C\[C@H](C)[C@@H](O[Si](C)(C)C(C)(C)C)C(C)/C=C\C(O)C[C@H](O)CCC(=O)NOC. The summed E-state index contributed by atoms with van der Waals surface area (Å²) in [7, 11) is -3.09. The molecule has 0 aliphatic carbocycles. The number of hydroxylamine groups is 1. The van der Waals surface area contributed by atoms with E-state index in [2.05, 4.69) is 125 Å². The van der Waals surface area contributed by atoms with E-state index in [0.717, 1.165) is 6.42 Å². The largest absolute Gasteiger partial charge is 0.445 e. The van der Waals surface area contributed by atoms with Gasteiger partial charge in [0.05, 0.1) is 31.5 Å². The lowest BCUT2D eigenvalue weighted by Gasteiger charge is -2.45. The molecule has 0 heterocycles. The van der Waals surface area contributed by atoms with Crippen molar-refractivity contribution in [2.24, 2.45) is 35.3 Å². The number of nitrogens with one attached hydrogen (secondary N) is 1. The minimum atomic E-state index is -2.25. The molecule has 2 amide bonds. The van der Waals surface area contributed by atoms with Gasteiger partial charge in [0.15, 0.2) is 16.6 Å². The molecular weight excluding hydrogens is 729 g/mol. The van der Waals surface area contributed by atoms with Crippen LogP contribution in [0, 0.1) is 29.6 Å². The summed E-state index contributed by atoms with van der Waals surface area (Å²) in [6.07, 6.45) is 9.43. The van der Waals surface area contributed by atoms with Gasteiger partial charge in [0, 0.05) is 24.7 Å². The highest BCUT2D eigenvalue weighted by Gasteiger charge is 2.44. The van der Waals surface area contributed by atoms with Crippen LogP contribution in [0.15, 0.2) is 48.6 Å². The van der Waals surface area contributed by atoms with Gasteiger partial charge in [-0.1, -0.05) is 125 Å². The van der Waals surface area contributed by atoms with Gasteiger partial charge in [0.1, 0.15) is 6.10 Å².